The minimum Gasteiger partial charge on any atom is -0.384 e. The van der Waals surface area contributed by atoms with Crippen LogP contribution in [-0.2, 0) is 4.79 Å². The van der Waals surface area contributed by atoms with Crippen molar-refractivity contribution in [2.45, 2.75) is 6.92 Å². The fraction of sp³-hybridized carbons (Fsp3) is 0.0556. The van der Waals surface area contributed by atoms with Gasteiger partial charge >= 0.3 is 0 Å². The molecule has 2 aromatic carbocycles. The first-order valence-corrected chi connectivity index (χ1v) is 7.35. The maximum atomic E-state index is 14.1. The number of nitrogens with zero attached hydrogens (tertiary/aromatic N) is 1. The van der Waals surface area contributed by atoms with Crippen LogP contribution in [0.15, 0.2) is 53.0 Å². The van der Waals surface area contributed by atoms with Crippen LogP contribution in [0, 0.1) is 11.2 Å². The van der Waals surface area contributed by atoms with Gasteiger partial charge in [-0.3, -0.25) is 10.2 Å². The van der Waals surface area contributed by atoms with Crippen molar-refractivity contribution < 1.29 is 9.18 Å². The maximum absolute atomic E-state index is 14.1. The highest BCUT2D eigenvalue weighted by Crippen LogP contribution is 2.27. The van der Waals surface area contributed by atoms with Crippen molar-refractivity contribution in [2.75, 3.05) is 0 Å². The third-order valence-corrected chi connectivity index (χ3v) is 3.47. The zero-order valence-electron chi connectivity index (χ0n) is 13.6. The number of rotatable bonds is 4. The van der Waals surface area contributed by atoms with E-state index < -0.39 is 11.7 Å². The number of nitrogens with two attached hydrogens (primary N) is 3. The molecule has 0 spiro atoms. The van der Waals surface area contributed by atoms with Gasteiger partial charge < -0.3 is 17.2 Å². The molecule has 1 amide bonds. The fourth-order valence-electron chi connectivity index (χ4n) is 2.29. The molecule has 7 N–H and O–H groups in total. The van der Waals surface area contributed by atoms with Crippen molar-refractivity contribution in [1.29, 1.82) is 5.41 Å². The van der Waals surface area contributed by atoms with Crippen LogP contribution >= 0.6 is 0 Å². The molecule has 0 fully saturated rings. The van der Waals surface area contributed by atoms with Gasteiger partial charge in [0.25, 0.3) is 5.91 Å². The standard InChI is InChI=1S/C18H18FN5O/c1-10(17(25)24-18(22)23)8-11-4-2-3-5-13(11)12-6-7-14(16(20)21)15(19)9-12/h2-9H,1H3,(H3,20,21)(H4,22,23,24,25)/b10-8+. The molecular formula is C18H18FN5O. The molecule has 0 aliphatic heterocycles. The van der Waals surface area contributed by atoms with E-state index in [-0.39, 0.29) is 17.4 Å². The number of halogens is 1. The number of benzene rings is 2. The van der Waals surface area contributed by atoms with E-state index in [1.807, 2.05) is 0 Å². The largest absolute Gasteiger partial charge is 0.384 e. The Morgan fingerprint density at radius 1 is 1.16 bits per heavy atom. The number of amides is 1. The number of aliphatic imine (C=N–C) groups is 1. The lowest BCUT2D eigenvalue weighted by Crippen LogP contribution is -2.24. The van der Waals surface area contributed by atoms with Gasteiger partial charge in [0.1, 0.15) is 11.7 Å². The number of nitrogen functional groups attached to an aromatic ring is 1. The molecule has 0 aliphatic carbocycles. The Morgan fingerprint density at radius 3 is 2.44 bits per heavy atom. The summed E-state index contributed by atoms with van der Waals surface area (Å²) in [6.45, 7) is 1.59. The van der Waals surface area contributed by atoms with Gasteiger partial charge in [-0.1, -0.05) is 30.3 Å². The monoisotopic (exact) mass is 339 g/mol. The number of nitrogens with one attached hydrogen (secondary N) is 1. The van der Waals surface area contributed by atoms with Gasteiger partial charge in [0.05, 0.1) is 5.56 Å². The molecule has 0 heterocycles. The summed E-state index contributed by atoms with van der Waals surface area (Å²) < 4.78 is 14.1. The van der Waals surface area contributed by atoms with Crippen molar-refractivity contribution in [2.24, 2.45) is 22.2 Å². The summed E-state index contributed by atoms with van der Waals surface area (Å²) >= 11 is 0. The average Bonchev–Trinajstić information content (AvgIpc) is 2.54. The van der Waals surface area contributed by atoms with Crippen molar-refractivity contribution >= 4 is 23.8 Å². The summed E-state index contributed by atoms with van der Waals surface area (Å²) in [7, 11) is 0. The molecule has 7 heteroatoms. The summed E-state index contributed by atoms with van der Waals surface area (Å²) in [5, 5.41) is 7.35. The Hall–Kier alpha value is -3.48. The van der Waals surface area contributed by atoms with Crippen LogP contribution in [-0.4, -0.2) is 17.7 Å². The lowest BCUT2D eigenvalue weighted by atomic mass is 9.97. The Morgan fingerprint density at radius 2 is 1.84 bits per heavy atom. The molecule has 0 aliphatic rings. The molecule has 2 aromatic rings. The quantitative estimate of drug-likeness (QED) is 0.385. The Kier molecular flexibility index (Phi) is 5.28. The van der Waals surface area contributed by atoms with Gasteiger partial charge in [-0.2, -0.15) is 4.99 Å². The number of hydrogen-bond donors (Lipinski definition) is 4. The van der Waals surface area contributed by atoms with Crippen LogP contribution in [0.5, 0.6) is 0 Å². The summed E-state index contributed by atoms with van der Waals surface area (Å²) in [5.41, 5.74) is 18.1. The second-order valence-electron chi connectivity index (χ2n) is 5.36. The van der Waals surface area contributed by atoms with Crippen LogP contribution in [0.4, 0.5) is 4.39 Å². The summed E-state index contributed by atoms with van der Waals surface area (Å²) in [4.78, 5) is 15.4. The van der Waals surface area contributed by atoms with Crippen molar-refractivity contribution in [1.82, 2.24) is 0 Å². The van der Waals surface area contributed by atoms with E-state index in [9.17, 15) is 9.18 Å². The average molecular weight is 339 g/mol. The molecule has 128 valence electrons. The second kappa shape index (κ2) is 7.39. The van der Waals surface area contributed by atoms with E-state index in [0.717, 1.165) is 0 Å². The normalized spacial score (nSPS) is 11.0. The molecule has 0 unspecified atom stereocenters. The highest BCUT2D eigenvalue weighted by atomic mass is 19.1. The molecule has 0 saturated heterocycles. The van der Waals surface area contributed by atoms with Crippen LogP contribution in [0.3, 0.4) is 0 Å². The topological polar surface area (TPSA) is 131 Å². The molecule has 25 heavy (non-hydrogen) atoms. The first-order chi connectivity index (χ1) is 11.8. The Bertz CT molecular complexity index is 898. The maximum Gasteiger partial charge on any atom is 0.275 e. The van der Waals surface area contributed by atoms with Crippen LogP contribution < -0.4 is 17.2 Å². The van der Waals surface area contributed by atoms with Gasteiger partial charge in [-0.05, 0) is 41.8 Å². The minimum atomic E-state index is -0.586. The number of carbonyl (C=O) groups is 1. The molecule has 0 bridgehead atoms. The third kappa shape index (κ3) is 4.29. The fourth-order valence-corrected chi connectivity index (χ4v) is 2.29. The number of carbonyl (C=O) groups excluding carboxylic acids is 1. The third-order valence-electron chi connectivity index (χ3n) is 3.47. The summed E-state index contributed by atoms with van der Waals surface area (Å²) in [6, 6.07) is 11.6. The van der Waals surface area contributed by atoms with Gasteiger partial charge in [-0.15, -0.1) is 0 Å². The van der Waals surface area contributed by atoms with Crippen LogP contribution in [0.25, 0.3) is 17.2 Å². The van der Waals surface area contributed by atoms with Crippen LogP contribution in [0.1, 0.15) is 18.1 Å². The summed E-state index contributed by atoms with van der Waals surface area (Å²) in [5.74, 6) is -1.78. The second-order valence-corrected chi connectivity index (χ2v) is 5.36. The highest BCUT2D eigenvalue weighted by molar-refractivity contribution is 6.04. The molecular weight excluding hydrogens is 321 g/mol. The first-order valence-electron chi connectivity index (χ1n) is 7.35. The Labute approximate surface area is 144 Å². The molecule has 0 radical (unpaired) electrons. The van der Waals surface area contributed by atoms with Crippen molar-refractivity contribution in [3.8, 4) is 11.1 Å². The number of guanidine groups is 1. The lowest BCUT2D eigenvalue weighted by molar-refractivity contribution is -0.114. The van der Waals surface area contributed by atoms with Gasteiger partial charge in [0, 0.05) is 5.57 Å². The minimum absolute atomic E-state index is 0.0379. The molecule has 6 nitrogen and oxygen atoms in total. The molecule has 0 aromatic heterocycles. The lowest BCUT2D eigenvalue weighted by Gasteiger charge is -2.09. The zero-order valence-corrected chi connectivity index (χ0v) is 13.6. The molecule has 0 atom stereocenters. The number of hydrogen-bond acceptors (Lipinski definition) is 2. The SMILES string of the molecule is C/C(=C\c1ccccc1-c1ccc(C(=N)N)c(F)c1)C(=O)N=C(N)N. The van der Waals surface area contributed by atoms with Crippen LogP contribution in [0.2, 0.25) is 0 Å². The van der Waals surface area contributed by atoms with E-state index in [2.05, 4.69) is 4.99 Å². The predicted octanol–water partition coefficient (Wildman–Crippen LogP) is 1.98. The van der Waals surface area contributed by atoms with E-state index in [1.54, 1.807) is 43.3 Å². The van der Waals surface area contributed by atoms with Crippen molar-refractivity contribution in [3.05, 3.63) is 65.0 Å². The molecule has 2 rings (SSSR count). The number of amidine groups is 1. The predicted molar refractivity (Wildman–Crippen MR) is 97.3 cm³/mol. The van der Waals surface area contributed by atoms with Crippen molar-refractivity contribution in [3.63, 3.8) is 0 Å². The zero-order chi connectivity index (χ0) is 18.6. The first kappa shape index (κ1) is 17.9. The van der Waals surface area contributed by atoms with E-state index in [1.165, 1.54) is 12.1 Å². The summed E-state index contributed by atoms with van der Waals surface area (Å²) in [6.07, 6.45) is 1.63. The van der Waals surface area contributed by atoms with Gasteiger partial charge in [0.15, 0.2) is 5.96 Å². The smallest absolute Gasteiger partial charge is 0.275 e. The van der Waals surface area contributed by atoms with Gasteiger partial charge in [-0.25, -0.2) is 4.39 Å². The molecule has 0 saturated carbocycles. The van der Waals surface area contributed by atoms with E-state index >= 15 is 0 Å². The van der Waals surface area contributed by atoms with E-state index in [4.69, 9.17) is 22.6 Å². The highest BCUT2D eigenvalue weighted by Gasteiger charge is 2.10. The van der Waals surface area contributed by atoms with E-state index in [0.29, 0.717) is 22.3 Å². The van der Waals surface area contributed by atoms with Gasteiger partial charge in [0.2, 0.25) is 0 Å². The Balaban J connectivity index is 2.49.